The van der Waals surface area contributed by atoms with Gasteiger partial charge in [0.15, 0.2) is 5.78 Å². The van der Waals surface area contributed by atoms with Crippen molar-refractivity contribution in [2.45, 2.75) is 0 Å². The molecule has 0 atom stereocenters. The van der Waals surface area contributed by atoms with Crippen LogP contribution in [0.1, 0.15) is 10.4 Å². The third-order valence-corrected chi connectivity index (χ3v) is 3.34. The molecule has 134 valence electrons. The number of anilines is 3. The molecule has 0 saturated carbocycles. The minimum Gasteiger partial charge on any atom is -0.465 e. The fourth-order valence-corrected chi connectivity index (χ4v) is 2.50. The van der Waals surface area contributed by atoms with Crippen LogP contribution in [0.4, 0.5) is 31.4 Å². The quantitative estimate of drug-likeness (QED) is 0.351. The summed E-state index contributed by atoms with van der Waals surface area (Å²) in [6.45, 7) is 3.35. The average Bonchev–Trinajstić information content (AvgIpc) is 2.56. The first-order chi connectivity index (χ1) is 12.3. The van der Waals surface area contributed by atoms with Crippen molar-refractivity contribution in [2.24, 2.45) is 0 Å². The summed E-state index contributed by atoms with van der Waals surface area (Å²) in [4.78, 5) is 45.8. The van der Waals surface area contributed by atoms with Gasteiger partial charge in [-0.15, -0.1) is 0 Å². The first-order valence-electron chi connectivity index (χ1n) is 7.01. The van der Waals surface area contributed by atoms with Crippen LogP contribution >= 0.6 is 0 Å². The van der Waals surface area contributed by atoms with E-state index in [2.05, 4.69) is 6.58 Å². The van der Waals surface area contributed by atoms with Gasteiger partial charge in [-0.2, -0.15) is 0 Å². The number of allylic oxidation sites excluding steroid dienone is 1. The van der Waals surface area contributed by atoms with E-state index in [-0.39, 0.29) is 22.0 Å². The maximum Gasteiger partial charge on any atom is 0.409 e. The molecule has 0 radical (unpaired) electrons. The van der Waals surface area contributed by atoms with Gasteiger partial charge in [0.05, 0.1) is 22.6 Å². The zero-order valence-electron chi connectivity index (χ0n) is 13.1. The second-order valence-corrected chi connectivity index (χ2v) is 4.90. The number of fused-ring (bicyclic) bond motifs is 1. The lowest BCUT2D eigenvalue weighted by atomic mass is 9.95. The molecule has 6 N–H and O–H groups in total. The normalized spacial score (nSPS) is 10.0. The highest BCUT2D eigenvalue weighted by atomic mass is 16.4. The molecule has 0 aliphatic carbocycles. The van der Waals surface area contributed by atoms with Crippen LogP contribution in [0.15, 0.2) is 36.9 Å². The molecule has 3 amide bonds. The average molecular weight is 359 g/mol. The zero-order chi connectivity index (χ0) is 19.4. The number of benzene rings is 2. The summed E-state index contributed by atoms with van der Waals surface area (Å²) in [5, 5.41) is 33.6. The molecule has 0 spiro atoms. The van der Waals surface area contributed by atoms with Crippen molar-refractivity contribution in [3.63, 3.8) is 0 Å². The topological polar surface area (TPSA) is 165 Å². The van der Waals surface area contributed by atoms with Crippen LogP contribution in [0.3, 0.4) is 0 Å². The smallest absolute Gasteiger partial charge is 0.409 e. The van der Waals surface area contributed by atoms with E-state index < -0.39 is 35.4 Å². The number of nitrogens with one attached hydrogen (secondary N) is 3. The first kappa shape index (κ1) is 18.3. The monoisotopic (exact) mass is 359 g/mol. The fourth-order valence-electron chi connectivity index (χ4n) is 2.50. The van der Waals surface area contributed by atoms with Gasteiger partial charge in [0.25, 0.3) is 0 Å². The van der Waals surface area contributed by atoms with Gasteiger partial charge in [0.1, 0.15) is 0 Å². The Morgan fingerprint density at radius 3 is 1.73 bits per heavy atom. The van der Waals surface area contributed by atoms with E-state index in [1.807, 2.05) is 16.0 Å². The SMILES string of the molecule is C=CC(=O)c1c(NC(=O)O)c(NC(=O)O)c(NC(=O)O)c2ccccc12. The first-order valence-corrected chi connectivity index (χ1v) is 7.01. The second-order valence-electron chi connectivity index (χ2n) is 4.90. The minimum absolute atomic E-state index is 0.169. The Hall–Kier alpha value is -4.08. The van der Waals surface area contributed by atoms with Crippen LogP contribution in [0.25, 0.3) is 10.8 Å². The largest absolute Gasteiger partial charge is 0.465 e. The summed E-state index contributed by atoms with van der Waals surface area (Å²) in [6.07, 6.45) is -3.73. The van der Waals surface area contributed by atoms with Gasteiger partial charge in [-0.1, -0.05) is 30.8 Å². The van der Waals surface area contributed by atoms with Gasteiger partial charge in [-0.05, 0) is 11.5 Å². The van der Waals surface area contributed by atoms with Crippen LogP contribution in [-0.4, -0.2) is 39.4 Å². The third kappa shape index (κ3) is 3.53. The van der Waals surface area contributed by atoms with E-state index in [0.29, 0.717) is 0 Å². The Bertz CT molecular complexity index is 952. The van der Waals surface area contributed by atoms with Crippen molar-refractivity contribution in [3.05, 3.63) is 42.5 Å². The van der Waals surface area contributed by atoms with Gasteiger partial charge < -0.3 is 15.3 Å². The van der Waals surface area contributed by atoms with Gasteiger partial charge in [-0.25, -0.2) is 14.4 Å². The summed E-state index contributed by atoms with van der Waals surface area (Å²) in [5.41, 5.74) is -1.23. The zero-order valence-corrected chi connectivity index (χ0v) is 13.1. The van der Waals surface area contributed by atoms with E-state index in [9.17, 15) is 19.2 Å². The number of ketones is 1. The number of rotatable bonds is 5. The molecule has 26 heavy (non-hydrogen) atoms. The standard InChI is InChI=1S/C16H13N3O7/c1-2-9(20)10-7-5-3-4-6-8(7)11(17-14(21)22)13(19-16(25)26)12(10)18-15(23)24/h2-6,17-19H,1H2,(H,21,22)(H,23,24)(H,25,26). The molecule has 2 aromatic rings. The van der Waals surface area contributed by atoms with E-state index >= 15 is 0 Å². The molecule has 0 aliphatic heterocycles. The second kappa shape index (κ2) is 7.21. The molecule has 0 unspecified atom stereocenters. The van der Waals surface area contributed by atoms with Crippen LogP contribution in [0, 0.1) is 0 Å². The Labute approximate surface area is 145 Å². The highest BCUT2D eigenvalue weighted by Gasteiger charge is 2.25. The predicted molar refractivity (Wildman–Crippen MR) is 93.4 cm³/mol. The van der Waals surface area contributed by atoms with Crippen molar-refractivity contribution in [3.8, 4) is 0 Å². The number of carbonyl (C=O) groups excluding carboxylic acids is 1. The predicted octanol–water partition coefficient (Wildman–Crippen LogP) is 3.48. The third-order valence-electron chi connectivity index (χ3n) is 3.34. The van der Waals surface area contributed by atoms with E-state index in [4.69, 9.17) is 15.3 Å². The van der Waals surface area contributed by atoms with Crippen molar-refractivity contribution in [2.75, 3.05) is 16.0 Å². The summed E-state index contributed by atoms with van der Waals surface area (Å²) >= 11 is 0. The molecule has 0 heterocycles. The number of hydrogen-bond acceptors (Lipinski definition) is 4. The Balaban J connectivity index is 3.04. The fraction of sp³-hybridized carbons (Fsp3) is 0. The van der Waals surface area contributed by atoms with E-state index in [1.165, 1.54) is 12.1 Å². The van der Waals surface area contributed by atoms with E-state index in [0.717, 1.165) is 6.08 Å². The maximum atomic E-state index is 12.3. The van der Waals surface area contributed by atoms with Crippen molar-refractivity contribution >= 4 is 51.9 Å². The van der Waals surface area contributed by atoms with Gasteiger partial charge >= 0.3 is 18.3 Å². The molecule has 10 nitrogen and oxygen atoms in total. The summed E-state index contributed by atoms with van der Waals surface area (Å²) in [7, 11) is 0. The van der Waals surface area contributed by atoms with Crippen LogP contribution in [0.5, 0.6) is 0 Å². The minimum atomic E-state index is -1.58. The number of hydrogen-bond donors (Lipinski definition) is 6. The number of carboxylic acid groups (broad SMARTS) is 3. The van der Waals surface area contributed by atoms with Crippen LogP contribution < -0.4 is 16.0 Å². The molecule has 0 saturated heterocycles. The highest BCUT2D eigenvalue weighted by Crippen LogP contribution is 2.42. The molecule has 0 bridgehead atoms. The molecule has 0 fully saturated rings. The molecular formula is C16H13N3O7. The Morgan fingerprint density at radius 1 is 0.769 bits per heavy atom. The molecule has 10 heteroatoms. The Kier molecular flexibility index (Phi) is 5.07. The van der Waals surface area contributed by atoms with Crippen LogP contribution in [0.2, 0.25) is 0 Å². The molecule has 0 aliphatic rings. The van der Waals surface area contributed by atoms with Crippen molar-refractivity contribution < 1.29 is 34.5 Å². The van der Waals surface area contributed by atoms with Gasteiger partial charge in [-0.3, -0.25) is 20.7 Å². The maximum absolute atomic E-state index is 12.3. The number of amides is 3. The van der Waals surface area contributed by atoms with Crippen molar-refractivity contribution in [1.29, 1.82) is 0 Å². The lowest BCUT2D eigenvalue weighted by Crippen LogP contribution is -2.20. The highest BCUT2D eigenvalue weighted by molar-refractivity contribution is 6.25. The summed E-state index contributed by atoms with van der Waals surface area (Å²) < 4.78 is 0. The molecule has 0 aromatic heterocycles. The van der Waals surface area contributed by atoms with E-state index in [1.54, 1.807) is 12.1 Å². The molecular weight excluding hydrogens is 346 g/mol. The summed E-state index contributed by atoms with van der Waals surface area (Å²) in [6, 6.07) is 6.03. The van der Waals surface area contributed by atoms with Gasteiger partial charge in [0, 0.05) is 5.39 Å². The van der Waals surface area contributed by atoms with Crippen molar-refractivity contribution in [1.82, 2.24) is 0 Å². The summed E-state index contributed by atoms with van der Waals surface area (Å²) in [5.74, 6) is -0.680. The van der Waals surface area contributed by atoms with Crippen LogP contribution in [-0.2, 0) is 0 Å². The number of carbonyl (C=O) groups is 4. The molecule has 2 aromatic carbocycles. The molecule has 2 rings (SSSR count). The Morgan fingerprint density at radius 2 is 1.23 bits per heavy atom. The lowest BCUT2D eigenvalue weighted by molar-refractivity contribution is 0.104. The lowest BCUT2D eigenvalue weighted by Gasteiger charge is -2.20. The van der Waals surface area contributed by atoms with Gasteiger partial charge in [0.2, 0.25) is 0 Å².